The summed E-state index contributed by atoms with van der Waals surface area (Å²) in [6, 6.07) is 15.0. The third-order valence-corrected chi connectivity index (χ3v) is 8.61. The number of carbonyl (C=O) groups is 2. The lowest BCUT2D eigenvalue weighted by molar-refractivity contribution is -0.162. The van der Waals surface area contributed by atoms with Crippen LogP contribution in [0.1, 0.15) is 57.1 Å². The number of likely N-dealkylation sites (tertiary alicyclic amines) is 1. The number of aliphatic hydroxyl groups is 1. The number of fused-ring (bicyclic) bond motifs is 1. The molecule has 49 heavy (non-hydrogen) atoms. The van der Waals surface area contributed by atoms with Gasteiger partial charge in [-0.25, -0.2) is 9.78 Å². The Labute approximate surface area is 281 Å². The van der Waals surface area contributed by atoms with Crippen LogP contribution in [0.15, 0.2) is 65.7 Å². The van der Waals surface area contributed by atoms with Crippen LogP contribution in [-0.4, -0.2) is 78.4 Å². The second kappa shape index (κ2) is 14.0. The zero-order chi connectivity index (χ0) is 35.6. The monoisotopic (exact) mass is 682 g/mol. The number of nitrogens with zero attached hydrogens (tertiary/aromatic N) is 5. The molecule has 2 amide bonds. The molecular weight excluding hydrogens is 641 g/mol. The second-order valence-corrected chi connectivity index (χ2v) is 13.5. The van der Waals surface area contributed by atoms with Gasteiger partial charge in [0.2, 0.25) is 5.91 Å². The van der Waals surface area contributed by atoms with Crippen LogP contribution in [0.5, 0.6) is 0 Å². The molecule has 1 atom stereocenters. The zero-order valence-electron chi connectivity index (χ0n) is 28.0. The van der Waals surface area contributed by atoms with E-state index in [1.54, 1.807) is 38.6 Å². The zero-order valence-corrected chi connectivity index (χ0v) is 28.0. The molecule has 1 saturated heterocycles. The number of alkyl carbamates (subject to hydrolysis) is 1. The van der Waals surface area contributed by atoms with Gasteiger partial charge in [0.15, 0.2) is 5.52 Å². The normalized spacial score (nSPS) is 15.6. The number of alkyl halides is 3. The van der Waals surface area contributed by atoms with Crippen LogP contribution in [-0.2, 0) is 29.5 Å². The molecule has 3 heterocycles. The van der Waals surface area contributed by atoms with Crippen LogP contribution in [0, 0.1) is 0 Å². The minimum Gasteiger partial charge on any atom is -0.444 e. The summed E-state index contributed by atoms with van der Waals surface area (Å²) in [6.45, 7) is 5.80. The van der Waals surface area contributed by atoms with E-state index in [4.69, 9.17) is 4.74 Å². The minimum absolute atomic E-state index is 0.0264. The van der Waals surface area contributed by atoms with E-state index in [-0.39, 0.29) is 43.6 Å². The van der Waals surface area contributed by atoms with E-state index < -0.39 is 47.3 Å². The standard InChI is InChI=1S/C35H41F3N6O5/c1-33(2,3)49-32(47)39-17-14-23-10-12-25(13-11-23)30-28-29(41-42(30)4)31(46)44(22-40-28)21-34(48)15-18-43(19-16-34)27(45)20-26(35(36,37)38)24-8-6-5-7-9-24/h5-13,22,26,48H,14-21H2,1-4H3,(H,39,47). The number of aromatic nitrogens is 4. The molecule has 262 valence electrons. The number of rotatable bonds is 9. The van der Waals surface area contributed by atoms with Crippen LogP contribution >= 0.6 is 0 Å². The molecule has 14 heteroatoms. The second-order valence-electron chi connectivity index (χ2n) is 13.5. The summed E-state index contributed by atoms with van der Waals surface area (Å²) >= 11 is 0. The van der Waals surface area contributed by atoms with Gasteiger partial charge >= 0.3 is 12.3 Å². The van der Waals surface area contributed by atoms with Gasteiger partial charge in [-0.05, 0) is 51.2 Å². The molecular formula is C35H41F3N6O5. The van der Waals surface area contributed by atoms with Crippen molar-refractivity contribution in [2.45, 2.75) is 76.3 Å². The van der Waals surface area contributed by atoms with Crippen molar-refractivity contribution in [3.05, 3.63) is 82.4 Å². The number of ether oxygens (including phenoxy) is 1. The Morgan fingerprint density at radius 3 is 2.29 bits per heavy atom. The SMILES string of the molecule is Cn1nc2c(=O)n(CC3(O)CCN(C(=O)CC(c4ccccc4)C(F)(F)F)CC3)cnc2c1-c1ccc(CCNC(=O)OC(C)(C)C)cc1. The molecule has 1 fully saturated rings. The minimum atomic E-state index is -4.59. The topological polar surface area (TPSA) is 132 Å². The predicted octanol–water partition coefficient (Wildman–Crippen LogP) is 4.95. The molecule has 0 aliphatic carbocycles. The van der Waals surface area contributed by atoms with Gasteiger partial charge in [0.1, 0.15) is 11.1 Å². The van der Waals surface area contributed by atoms with Gasteiger partial charge in [-0.3, -0.25) is 18.8 Å². The average molecular weight is 683 g/mol. The number of aryl methyl sites for hydroxylation is 1. The Bertz CT molecular complexity index is 1840. The van der Waals surface area contributed by atoms with Crippen molar-refractivity contribution in [1.82, 2.24) is 29.5 Å². The average Bonchev–Trinajstić information content (AvgIpc) is 3.37. The number of amides is 2. The molecule has 11 nitrogen and oxygen atoms in total. The number of nitrogens with one attached hydrogen (secondary N) is 1. The number of hydrogen-bond donors (Lipinski definition) is 2. The Morgan fingerprint density at radius 1 is 1.02 bits per heavy atom. The first-order chi connectivity index (χ1) is 23.0. The van der Waals surface area contributed by atoms with Gasteiger partial charge in [-0.15, -0.1) is 0 Å². The molecule has 5 rings (SSSR count). The lowest BCUT2D eigenvalue weighted by atomic mass is 9.90. The Hall–Kier alpha value is -4.72. The van der Waals surface area contributed by atoms with Crippen molar-refractivity contribution < 1.29 is 32.6 Å². The largest absolute Gasteiger partial charge is 0.444 e. The summed E-state index contributed by atoms with van der Waals surface area (Å²) in [4.78, 5) is 44.2. The summed E-state index contributed by atoms with van der Waals surface area (Å²) in [5, 5.41) is 18.5. The maximum absolute atomic E-state index is 13.8. The quantitative estimate of drug-likeness (QED) is 0.255. The van der Waals surface area contributed by atoms with Gasteiger partial charge in [0.05, 0.1) is 30.1 Å². The molecule has 2 N–H and O–H groups in total. The summed E-state index contributed by atoms with van der Waals surface area (Å²) in [6.07, 6.45) is -3.68. The Morgan fingerprint density at radius 2 is 1.67 bits per heavy atom. The van der Waals surface area contributed by atoms with Crippen LogP contribution in [0.25, 0.3) is 22.3 Å². The predicted molar refractivity (Wildman–Crippen MR) is 177 cm³/mol. The Balaban J connectivity index is 1.22. The first kappa shape index (κ1) is 35.6. The van der Waals surface area contributed by atoms with Gasteiger partial charge < -0.3 is 20.1 Å². The van der Waals surface area contributed by atoms with Gasteiger partial charge in [0.25, 0.3) is 5.56 Å². The van der Waals surface area contributed by atoms with E-state index in [1.165, 1.54) is 40.1 Å². The number of carbonyl (C=O) groups excluding carboxylic acids is 2. The molecule has 1 aliphatic rings. The van der Waals surface area contributed by atoms with Crippen molar-refractivity contribution in [2.24, 2.45) is 7.05 Å². The van der Waals surface area contributed by atoms with Gasteiger partial charge in [-0.2, -0.15) is 18.3 Å². The highest BCUT2D eigenvalue weighted by Gasteiger charge is 2.43. The summed E-state index contributed by atoms with van der Waals surface area (Å²) in [5.74, 6) is -2.56. The first-order valence-electron chi connectivity index (χ1n) is 16.1. The smallest absolute Gasteiger partial charge is 0.407 e. The van der Waals surface area contributed by atoms with E-state index in [2.05, 4.69) is 15.4 Å². The molecule has 2 aromatic carbocycles. The van der Waals surface area contributed by atoms with E-state index in [0.717, 1.165) is 11.1 Å². The van der Waals surface area contributed by atoms with Gasteiger partial charge in [0, 0.05) is 38.7 Å². The first-order valence-corrected chi connectivity index (χ1v) is 16.1. The summed E-state index contributed by atoms with van der Waals surface area (Å²) < 4.78 is 49.6. The van der Waals surface area contributed by atoms with Crippen molar-refractivity contribution in [1.29, 1.82) is 0 Å². The third-order valence-electron chi connectivity index (χ3n) is 8.61. The van der Waals surface area contributed by atoms with E-state index in [1.807, 2.05) is 24.3 Å². The number of piperidine rings is 1. The third kappa shape index (κ3) is 8.66. The summed E-state index contributed by atoms with van der Waals surface area (Å²) in [7, 11) is 1.71. The van der Waals surface area contributed by atoms with Crippen molar-refractivity contribution in [3.63, 3.8) is 0 Å². The summed E-state index contributed by atoms with van der Waals surface area (Å²) in [5.41, 5.74) is 0.563. The molecule has 0 radical (unpaired) electrons. The van der Waals surface area contributed by atoms with E-state index in [9.17, 15) is 32.7 Å². The van der Waals surface area contributed by atoms with Gasteiger partial charge in [-0.1, -0.05) is 54.6 Å². The van der Waals surface area contributed by atoms with E-state index >= 15 is 0 Å². The Kier molecular flexibility index (Phi) is 10.2. The highest BCUT2D eigenvalue weighted by atomic mass is 19.4. The molecule has 0 bridgehead atoms. The van der Waals surface area contributed by atoms with E-state index in [0.29, 0.717) is 24.2 Å². The van der Waals surface area contributed by atoms with Crippen LogP contribution in [0.4, 0.5) is 18.0 Å². The maximum Gasteiger partial charge on any atom is 0.407 e. The fourth-order valence-corrected chi connectivity index (χ4v) is 6.04. The van der Waals surface area contributed by atoms with Crippen LogP contribution < -0.4 is 10.9 Å². The highest BCUT2D eigenvalue weighted by molar-refractivity contribution is 5.89. The molecule has 2 aromatic heterocycles. The van der Waals surface area contributed by atoms with Crippen molar-refractivity contribution >= 4 is 23.0 Å². The number of hydrogen-bond acceptors (Lipinski definition) is 7. The van der Waals surface area contributed by atoms with Crippen molar-refractivity contribution in [2.75, 3.05) is 19.6 Å². The lowest BCUT2D eigenvalue weighted by Crippen LogP contribution is -2.50. The fourth-order valence-electron chi connectivity index (χ4n) is 6.04. The van der Waals surface area contributed by atoms with Crippen molar-refractivity contribution in [3.8, 4) is 11.3 Å². The number of halogens is 3. The molecule has 4 aromatic rings. The lowest BCUT2D eigenvalue weighted by Gasteiger charge is -2.39. The molecule has 1 unspecified atom stereocenters. The van der Waals surface area contributed by atoms with Crippen LogP contribution in [0.2, 0.25) is 0 Å². The number of benzene rings is 2. The van der Waals surface area contributed by atoms with Crippen LogP contribution in [0.3, 0.4) is 0 Å². The molecule has 1 aliphatic heterocycles. The molecule has 0 spiro atoms. The maximum atomic E-state index is 13.8. The molecule has 0 saturated carbocycles. The fraction of sp³-hybridized carbons (Fsp3) is 0.457. The highest BCUT2D eigenvalue weighted by Crippen LogP contribution is 2.38.